The first-order valence-corrected chi connectivity index (χ1v) is 6.20. The maximum absolute atomic E-state index is 5.96. The zero-order valence-electron chi connectivity index (χ0n) is 11.0. The number of allylic oxidation sites excluding steroid dienone is 5. The molecule has 0 spiro atoms. The lowest BCUT2D eigenvalue weighted by molar-refractivity contribution is 0.873. The Labute approximate surface area is 108 Å². The van der Waals surface area contributed by atoms with E-state index in [0.29, 0.717) is 12.4 Å². The summed E-state index contributed by atoms with van der Waals surface area (Å²) >= 11 is 0. The van der Waals surface area contributed by atoms with E-state index in [4.69, 9.17) is 5.73 Å². The molecule has 0 aliphatic heterocycles. The number of amidine groups is 1. The van der Waals surface area contributed by atoms with E-state index in [-0.39, 0.29) is 0 Å². The molecule has 2 heteroatoms. The first-order chi connectivity index (χ1) is 8.65. The van der Waals surface area contributed by atoms with Crippen LogP contribution in [0.5, 0.6) is 0 Å². The summed E-state index contributed by atoms with van der Waals surface area (Å²) in [6.45, 7) is 4.85. The summed E-state index contributed by atoms with van der Waals surface area (Å²) in [5.74, 6) is 0.544. The van der Waals surface area contributed by atoms with Crippen LogP contribution in [0.1, 0.15) is 26.7 Å². The molecule has 0 aromatic carbocycles. The van der Waals surface area contributed by atoms with Gasteiger partial charge in [0.2, 0.25) is 0 Å². The first kappa shape index (κ1) is 12.4. The van der Waals surface area contributed by atoms with Gasteiger partial charge in [0.15, 0.2) is 0 Å². The highest BCUT2D eigenvalue weighted by Gasteiger charge is 2.05. The van der Waals surface area contributed by atoms with Gasteiger partial charge in [0.05, 0.1) is 12.1 Å². The Morgan fingerprint density at radius 2 is 2.17 bits per heavy atom. The van der Waals surface area contributed by atoms with Crippen LogP contribution >= 0.6 is 0 Å². The van der Waals surface area contributed by atoms with E-state index in [1.165, 1.54) is 11.1 Å². The monoisotopic (exact) mass is 238 g/mol. The predicted molar refractivity (Wildman–Crippen MR) is 76.4 cm³/mol. The molecule has 2 aliphatic carbocycles. The number of hydrogen-bond donors (Lipinski definition) is 1. The van der Waals surface area contributed by atoms with E-state index in [2.05, 4.69) is 35.5 Å². The fourth-order valence-electron chi connectivity index (χ4n) is 1.86. The van der Waals surface area contributed by atoms with Crippen LogP contribution in [0.15, 0.2) is 63.1 Å². The van der Waals surface area contributed by atoms with Crippen LogP contribution in [-0.4, -0.2) is 12.4 Å². The minimum absolute atomic E-state index is 0.544. The molecule has 18 heavy (non-hydrogen) atoms. The highest BCUT2D eigenvalue weighted by atomic mass is 14.8. The van der Waals surface area contributed by atoms with Crippen molar-refractivity contribution in [3.8, 4) is 0 Å². The quantitative estimate of drug-likeness (QED) is 0.457. The van der Waals surface area contributed by atoms with E-state index >= 15 is 0 Å². The van der Waals surface area contributed by atoms with Crippen molar-refractivity contribution >= 4 is 5.84 Å². The molecule has 2 rings (SSSR count). The van der Waals surface area contributed by atoms with E-state index < -0.39 is 0 Å². The van der Waals surface area contributed by atoms with E-state index in [9.17, 15) is 0 Å². The van der Waals surface area contributed by atoms with Gasteiger partial charge in [0.25, 0.3) is 0 Å². The lowest BCUT2D eigenvalue weighted by atomic mass is 10.00. The van der Waals surface area contributed by atoms with Gasteiger partial charge in [-0.25, -0.2) is 0 Å². The fourth-order valence-corrected chi connectivity index (χ4v) is 1.86. The van der Waals surface area contributed by atoms with Gasteiger partial charge >= 0.3 is 0 Å². The van der Waals surface area contributed by atoms with Crippen LogP contribution in [0, 0.1) is 0 Å². The molecule has 0 saturated carbocycles. The van der Waals surface area contributed by atoms with Crippen LogP contribution < -0.4 is 5.73 Å². The van der Waals surface area contributed by atoms with E-state index in [1.54, 1.807) is 0 Å². The Balaban J connectivity index is 2.07. The minimum atomic E-state index is 0.544. The number of rotatable bonds is 3. The summed E-state index contributed by atoms with van der Waals surface area (Å²) in [4.78, 5) is 4.43. The van der Waals surface area contributed by atoms with Gasteiger partial charge < -0.3 is 5.73 Å². The molecule has 0 fully saturated rings. The van der Waals surface area contributed by atoms with Crippen LogP contribution in [0.3, 0.4) is 0 Å². The Morgan fingerprint density at radius 3 is 2.83 bits per heavy atom. The summed E-state index contributed by atoms with van der Waals surface area (Å²) in [6, 6.07) is 0. The summed E-state index contributed by atoms with van der Waals surface area (Å²) in [7, 11) is 0. The molecule has 2 nitrogen and oxygen atoms in total. The first-order valence-electron chi connectivity index (χ1n) is 6.20. The Bertz CT molecular complexity index is 570. The van der Waals surface area contributed by atoms with Gasteiger partial charge in [-0.15, -0.1) is 0 Å². The van der Waals surface area contributed by atoms with Crippen LogP contribution in [-0.2, 0) is 0 Å². The van der Waals surface area contributed by atoms with Crippen molar-refractivity contribution in [3.05, 3.63) is 58.1 Å². The normalized spacial score (nSPS) is 19.1. The molecule has 0 heterocycles. The molecule has 0 saturated heterocycles. The van der Waals surface area contributed by atoms with Crippen LogP contribution in [0.25, 0.3) is 0 Å². The lowest BCUT2D eigenvalue weighted by Crippen LogP contribution is -2.15. The molecular weight excluding hydrogens is 220 g/mol. The molecule has 92 valence electrons. The molecule has 0 aromatic heterocycles. The van der Waals surface area contributed by atoms with Gasteiger partial charge in [0.1, 0.15) is 5.84 Å². The van der Waals surface area contributed by atoms with Crippen molar-refractivity contribution in [2.24, 2.45) is 10.7 Å². The predicted octanol–water partition coefficient (Wildman–Crippen LogP) is 3.21. The molecule has 0 unspecified atom stereocenters. The van der Waals surface area contributed by atoms with E-state index in [0.717, 1.165) is 24.0 Å². The van der Waals surface area contributed by atoms with Crippen molar-refractivity contribution in [1.82, 2.24) is 0 Å². The SMILES string of the molecule is CC1=CC(C(N)=NCC2=CC=C(C)CC2)=C=C=C1. The highest BCUT2D eigenvalue weighted by molar-refractivity contribution is 5.99. The fraction of sp³-hybridized carbons (Fsp3) is 0.312. The molecule has 0 radical (unpaired) electrons. The standard InChI is InChI=1S/C16H18N2/c1-12-6-8-14(9-7-12)11-18-16(17)15-5-3-4-13(2)10-15/h4,6,8,10H,7,9,11H2,1-2H3,(H2,17,18). The zero-order chi connectivity index (χ0) is 13.0. The van der Waals surface area contributed by atoms with Gasteiger partial charge in [-0.2, -0.15) is 0 Å². The molecule has 0 amide bonds. The highest BCUT2D eigenvalue weighted by Crippen LogP contribution is 2.18. The second-order valence-electron chi connectivity index (χ2n) is 4.76. The number of aliphatic imine (C=N–C) groups is 1. The third-order valence-corrected chi connectivity index (χ3v) is 3.05. The van der Waals surface area contributed by atoms with Crippen molar-refractivity contribution in [1.29, 1.82) is 0 Å². The Kier molecular flexibility index (Phi) is 3.84. The smallest absolute Gasteiger partial charge is 0.134 e. The summed E-state index contributed by atoms with van der Waals surface area (Å²) in [5, 5.41) is 0. The topological polar surface area (TPSA) is 38.4 Å². The molecular formula is C16H18N2. The van der Waals surface area contributed by atoms with Crippen LogP contribution in [0.4, 0.5) is 0 Å². The Morgan fingerprint density at radius 1 is 1.33 bits per heavy atom. The largest absolute Gasteiger partial charge is 0.383 e. The van der Waals surface area contributed by atoms with Crippen molar-refractivity contribution in [2.45, 2.75) is 26.7 Å². The third kappa shape index (κ3) is 3.24. The van der Waals surface area contributed by atoms with Crippen molar-refractivity contribution in [3.63, 3.8) is 0 Å². The second-order valence-corrected chi connectivity index (χ2v) is 4.76. The molecule has 0 bridgehead atoms. The maximum Gasteiger partial charge on any atom is 0.134 e. The average molecular weight is 238 g/mol. The average Bonchev–Trinajstić information content (AvgIpc) is 2.38. The van der Waals surface area contributed by atoms with Crippen molar-refractivity contribution in [2.75, 3.05) is 6.54 Å². The summed E-state index contributed by atoms with van der Waals surface area (Å²) < 4.78 is 0. The molecule has 2 N–H and O–H groups in total. The lowest BCUT2D eigenvalue weighted by Gasteiger charge is -2.10. The van der Waals surface area contributed by atoms with E-state index in [1.807, 2.05) is 19.1 Å². The molecule has 0 aromatic rings. The molecule has 0 atom stereocenters. The summed E-state index contributed by atoms with van der Waals surface area (Å²) in [6.07, 6.45) is 10.4. The van der Waals surface area contributed by atoms with Gasteiger partial charge in [-0.1, -0.05) is 29.2 Å². The maximum atomic E-state index is 5.96. The number of nitrogens with two attached hydrogens (primary N) is 1. The zero-order valence-corrected chi connectivity index (χ0v) is 11.0. The van der Waals surface area contributed by atoms with Crippen LogP contribution in [0.2, 0.25) is 0 Å². The molecule has 2 aliphatic rings. The summed E-state index contributed by atoms with van der Waals surface area (Å²) in [5.41, 5.74) is 16.6. The minimum Gasteiger partial charge on any atom is -0.383 e. The van der Waals surface area contributed by atoms with Gasteiger partial charge in [-0.05, 0) is 50.0 Å². The van der Waals surface area contributed by atoms with Gasteiger partial charge in [-0.3, -0.25) is 4.99 Å². The van der Waals surface area contributed by atoms with Gasteiger partial charge in [0, 0.05) is 0 Å². The Hall–Kier alpha value is -2.01. The third-order valence-electron chi connectivity index (χ3n) is 3.05. The number of nitrogens with zero attached hydrogens (tertiary/aromatic N) is 1. The van der Waals surface area contributed by atoms with Crippen molar-refractivity contribution < 1.29 is 0 Å². The number of hydrogen-bond acceptors (Lipinski definition) is 1. The second kappa shape index (κ2) is 5.55.